The second kappa shape index (κ2) is 6.61. The number of nitrogens with zero attached hydrogens (tertiary/aromatic N) is 1. The summed E-state index contributed by atoms with van der Waals surface area (Å²) in [6, 6.07) is 2.56. The molecule has 5 nitrogen and oxygen atoms in total. The first kappa shape index (κ1) is 17.0. The Morgan fingerprint density at radius 1 is 1.40 bits per heavy atom. The second-order valence-corrected chi connectivity index (χ2v) is 6.34. The number of nitrogens with two attached hydrogens (primary N) is 1. The van der Waals surface area contributed by atoms with Crippen LogP contribution in [0.2, 0.25) is 10.0 Å². The molecule has 0 aromatic heterocycles. The molecule has 112 valence electrons. The van der Waals surface area contributed by atoms with Gasteiger partial charge < -0.3 is 11.1 Å². The summed E-state index contributed by atoms with van der Waals surface area (Å²) in [7, 11) is 0. The number of nitro groups is 1. The number of anilines is 1. The fourth-order valence-electron chi connectivity index (χ4n) is 2.17. The van der Waals surface area contributed by atoms with Gasteiger partial charge in [0.2, 0.25) is 0 Å². The number of rotatable bonds is 6. The maximum Gasteiger partial charge on any atom is 0.272 e. The third-order valence-corrected chi connectivity index (χ3v) is 3.57. The molecule has 1 rings (SSSR count). The van der Waals surface area contributed by atoms with E-state index in [9.17, 15) is 10.1 Å². The Bertz CT molecular complexity index is 485. The van der Waals surface area contributed by atoms with Gasteiger partial charge in [-0.25, -0.2) is 0 Å². The average Bonchev–Trinajstić information content (AvgIpc) is 2.32. The molecule has 0 aliphatic heterocycles. The molecule has 0 bridgehead atoms. The van der Waals surface area contributed by atoms with Gasteiger partial charge >= 0.3 is 0 Å². The Morgan fingerprint density at radius 3 is 2.25 bits per heavy atom. The van der Waals surface area contributed by atoms with Crippen molar-refractivity contribution in [2.45, 2.75) is 32.7 Å². The molecule has 20 heavy (non-hydrogen) atoms. The zero-order chi connectivity index (χ0) is 15.5. The average molecular weight is 320 g/mol. The van der Waals surface area contributed by atoms with Crippen LogP contribution in [0.3, 0.4) is 0 Å². The number of non-ortho nitro benzene ring substituents is 1. The molecule has 0 aliphatic rings. The second-order valence-electron chi connectivity index (χ2n) is 5.53. The highest BCUT2D eigenvalue weighted by molar-refractivity contribution is 6.39. The maximum atomic E-state index is 10.8. The molecule has 0 spiro atoms. The number of nitrogens with one attached hydrogen (secondary N) is 1. The third kappa shape index (κ3) is 4.23. The fourth-order valence-corrected chi connectivity index (χ4v) is 2.74. The van der Waals surface area contributed by atoms with E-state index in [0.29, 0.717) is 18.2 Å². The van der Waals surface area contributed by atoms with Crippen LogP contribution in [-0.4, -0.2) is 17.0 Å². The SMILES string of the molecule is CC(C)CC(C)(CN)Nc1c(Cl)cc([N+](=O)[O-])cc1Cl. The van der Waals surface area contributed by atoms with E-state index in [2.05, 4.69) is 19.2 Å². The Balaban J connectivity index is 3.11. The van der Waals surface area contributed by atoms with Gasteiger partial charge in [-0.15, -0.1) is 0 Å². The summed E-state index contributed by atoms with van der Waals surface area (Å²) in [5.74, 6) is 0.437. The van der Waals surface area contributed by atoms with Crippen molar-refractivity contribution in [1.82, 2.24) is 0 Å². The predicted molar refractivity (Wildman–Crippen MR) is 83.7 cm³/mol. The molecule has 1 atom stereocenters. The van der Waals surface area contributed by atoms with Crippen LogP contribution in [-0.2, 0) is 0 Å². The van der Waals surface area contributed by atoms with Crippen molar-refractivity contribution < 1.29 is 4.92 Å². The molecular weight excluding hydrogens is 301 g/mol. The molecule has 0 heterocycles. The molecule has 1 aromatic rings. The number of benzene rings is 1. The summed E-state index contributed by atoms with van der Waals surface area (Å²) < 4.78 is 0. The quantitative estimate of drug-likeness (QED) is 0.611. The van der Waals surface area contributed by atoms with Crippen LogP contribution < -0.4 is 11.1 Å². The summed E-state index contributed by atoms with van der Waals surface area (Å²) in [5, 5.41) is 14.4. The zero-order valence-corrected chi connectivity index (χ0v) is 13.3. The molecule has 0 amide bonds. The Labute approximate surface area is 128 Å². The topological polar surface area (TPSA) is 81.2 Å². The molecule has 0 fully saturated rings. The summed E-state index contributed by atoms with van der Waals surface area (Å²) in [6.45, 7) is 6.55. The van der Waals surface area contributed by atoms with Crippen LogP contribution in [0.25, 0.3) is 0 Å². The lowest BCUT2D eigenvalue weighted by atomic mass is 9.90. The monoisotopic (exact) mass is 319 g/mol. The predicted octanol–water partition coefficient (Wildman–Crippen LogP) is 4.08. The number of hydrogen-bond acceptors (Lipinski definition) is 4. The van der Waals surface area contributed by atoms with Crippen LogP contribution in [0.1, 0.15) is 27.2 Å². The van der Waals surface area contributed by atoms with Crippen LogP contribution in [0.4, 0.5) is 11.4 Å². The summed E-state index contributed by atoms with van der Waals surface area (Å²) in [6.07, 6.45) is 0.827. The highest BCUT2D eigenvalue weighted by Crippen LogP contribution is 2.37. The van der Waals surface area contributed by atoms with E-state index in [1.54, 1.807) is 0 Å². The van der Waals surface area contributed by atoms with E-state index in [1.165, 1.54) is 12.1 Å². The van der Waals surface area contributed by atoms with Gasteiger partial charge in [0.25, 0.3) is 5.69 Å². The summed E-state index contributed by atoms with van der Waals surface area (Å²) in [4.78, 5) is 10.2. The first-order valence-electron chi connectivity index (χ1n) is 6.30. The van der Waals surface area contributed by atoms with E-state index in [0.717, 1.165) is 6.42 Å². The molecule has 1 aromatic carbocycles. The third-order valence-electron chi connectivity index (χ3n) is 2.97. The first-order valence-corrected chi connectivity index (χ1v) is 7.06. The van der Waals surface area contributed by atoms with Crippen LogP contribution in [0.5, 0.6) is 0 Å². The lowest BCUT2D eigenvalue weighted by molar-refractivity contribution is -0.384. The van der Waals surface area contributed by atoms with Gasteiger partial charge in [0, 0.05) is 24.2 Å². The van der Waals surface area contributed by atoms with E-state index >= 15 is 0 Å². The highest BCUT2D eigenvalue weighted by Gasteiger charge is 2.26. The van der Waals surface area contributed by atoms with E-state index in [1.807, 2.05) is 6.92 Å². The van der Waals surface area contributed by atoms with E-state index in [4.69, 9.17) is 28.9 Å². The molecule has 0 radical (unpaired) electrons. The fraction of sp³-hybridized carbons (Fsp3) is 0.538. The van der Waals surface area contributed by atoms with Crippen molar-refractivity contribution in [3.63, 3.8) is 0 Å². The summed E-state index contributed by atoms with van der Waals surface area (Å²) >= 11 is 12.2. The van der Waals surface area contributed by atoms with Gasteiger partial charge in [-0.05, 0) is 19.3 Å². The van der Waals surface area contributed by atoms with Gasteiger partial charge in [-0.2, -0.15) is 0 Å². The Kier molecular flexibility index (Phi) is 5.62. The van der Waals surface area contributed by atoms with Crippen molar-refractivity contribution in [2.75, 3.05) is 11.9 Å². The van der Waals surface area contributed by atoms with Crippen molar-refractivity contribution in [3.8, 4) is 0 Å². The van der Waals surface area contributed by atoms with Crippen molar-refractivity contribution in [1.29, 1.82) is 0 Å². The minimum Gasteiger partial charge on any atom is -0.376 e. The largest absolute Gasteiger partial charge is 0.376 e. The van der Waals surface area contributed by atoms with Crippen molar-refractivity contribution in [3.05, 3.63) is 32.3 Å². The smallest absolute Gasteiger partial charge is 0.272 e. The van der Waals surface area contributed by atoms with Crippen LogP contribution in [0.15, 0.2) is 12.1 Å². The number of nitro benzene ring substituents is 1. The Morgan fingerprint density at radius 2 is 1.90 bits per heavy atom. The number of hydrogen-bond donors (Lipinski definition) is 2. The molecule has 1 unspecified atom stereocenters. The van der Waals surface area contributed by atoms with Gasteiger partial charge in [0.15, 0.2) is 0 Å². The summed E-state index contributed by atoms with van der Waals surface area (Å²) in [5.41, 5.74) is 5.79. The lowest BCUT2D eigenvalue weighted by Crippen LogP contribution is -2.43. The standard InChI is InChI=1S/C13H19Cl2N3O2/c1-8(2)6-13(3,7-16)17-12-10(14)4-9(18(19)20)5-11(12)15/h4-5,8,17H,6-7,16H2,1-3H3. The van der Waals surface area contributed by atoms with Gasteiger partial charge in [0.1, 0.15) is 0 Å². The van der Waals surface area contributed by atoms with Crippen LogP contribution in [0, 0.1) is 16.0 Å². The zero-order valence-electron chi connectivity index (χ0n) is 11.7. The maximum absolute atomic E-state index is 10.8. The van der Waals surface area contributed by atoms with Crippen molar-refractivity contribution >= 4 is 34.6 Å². The number of halogens is 2. The molecular formula is C13H19Cl2N3O2. The van der Waals surface area contributed by atoms with Gasteiger partial charge in [-0.1, -0.05) is 37.0 Å². The molecule has 0 saturated carbocycles. The highest BCUT2D eigenvalue weighted by atomic mass is 35.5. The van der Waals surface area contributed by atoms with E-state index in [-0.39, 0.29) is 21.3 Å². The lowest BCUT2D eigenvalue weighted by Gasteiger charge is -2.33. The first-order chi connectivity index (χ1) is 9.18. The molecule has 0 saturated heterocycles. The molecule has 7 heteroatoms. The van der Waals surface area contributed by atoms with Crippen molar-refractivity contribution in [2.24, 2.45) is 11.7 Å². The van der Waals surface area contributed by atoms with E-state index < -0.39 is 4.92 Å². The minimum atomic E-state index is -0.530. The van der Waals surface area contributed by atoms with Gasteiger partial charge in [-0.3, -0.25) is 10.1 Å². The van der Waals surface area contributed by atoms with Gasteiger partial charge in [0.05, 0.1) is 20.7 Å². The minimum absolute atomic E-state index is 0.135. The molecule has 0 aliphatic carbocycles. The normalized spacial score (nSPS) is 14.2. The Hall–Kier alpha value is -1.04. The van der Waals surface area contributed by atoms with Crippen LogP contribution >= 0.6 is 23.2 Å². The molecule has 3 N–H and O–H groups in total.